The molecule has 7 heteroatoms. The molecule has 0 aliphatic rings. The molecule has 0 heterocycles. The second-order valence-corrected chi connectivity index (χ2v) is 1.36. The molecule has 2 N–H and O–H groups in total. The van der Waals surface area contributed by atoms with Crippen LogP contribution >= 0.6 is 0 Å². The van der Waals surface area contributed by atoms with Gasteiger partial charge in [0.2, 0.25) is 0 Å². The van der Waals surface area contributed by atoms with Crippen molar-refractivity contribution in [2.45, 2.75) is 6.42 Å². The fourth-order valence-corrected chi connectivity index (χ4v) is 0.228. The van der Waals surface area contributed by atoms with Gasteiger partial charge in [-0.05, 0) is 13.0 Å². The molecular formula is C4H11AgN2O4. The zero-order valence-corrected chi connectivity index (χ0v) is 7.56. The molecule has 0 aliphatic carbocycles. The van der Waals surface area contributed by atoms with Gasteiger partial charge in [0.15, 0.2) is 0 Å². The standard InChI is InChI=1S/C4H11NO.Ag.NO3/c1-6-4-2-3-5;;2-1(3)4/h2-5H2,1H3;;/q;+1;-1. The van der Waals surface area contributed by atoms with E-state index in [0.29, 0.717) is 0 Å². The Labute approximate surface area is 80.3 Å². The van der Waals surface area contributed by atoms with E-state index in [0.717, 1.165) is 19.6 Å². The Kier molecular flexibility index (Phi) is 25.6. The second kappa shape index (κ2) is 16.4. The first kappa shape index (κ1) is 17.1. The molecule has 0 saturated heterocycles. The maximum atomic E-state index is 8.25. The average molecular weight is 259 g/mol. The van der Waals surface area contributed by atoms with Gasteiger partial charge >= 0.3 is 22.4 Å². The van der Waals surface area contributed by atoms with Crippen molar-refractivity contribution in [3.05, 3.63) is 15.3 Å². The quantitative estimate of drug-likeness (QED) is 0.325. The van der Waals surface area contributed by atoms with Gasteiger partial charge in [0, 0.05) is 13.7 Å². The third-order valence-electron chi connectivity index (χ3n) is 0.553. The van der Waals surface area contributed by atoms with E-state index in [1.807, 2.05) is 0 Å². The molecular weight excluding hydrogens is 248 g/mol. The van der Waals surface area contributed by atoms with Crippen molar-refractivity contribution in [2.75, 3.05) is 20.3 Å². The van der Waals surface area contributed by atoms with Crippen LogP contribution in [0.25, 0.3) is 0 Å². The van der Waals surface area contributed by atoms with Crippen molar-refractivity contribution in [2.24, 2.45) is 5.73 Å². The predicted octanol–water partition coefficient (Wildman–Crippen LogP) is -0.260. The summed E-state index contributed by atoms with van der Waals surface area (Å²) in [5.41, 5.74) is 5.13. The summed E-state index contributed by atoms with van der Waals surface area (Å²) in [7, 11) is 1.68. The van der Waals surface area contributed by atoms with Crippen LogP contribution in [-0.4, -0.2) is 25.3 Å². The minimum atomic E-state index is -1.75. The number of methoxy groups -OCH3 is 1. The summed E-state index contributed by atoms with van der Waals surface area (Å²) in [5.74, 6) is 0. The van der Waals surface area contributed by atoms with Crippen molar-refractivity contribution in [3.8, 4) is 0 Å². The minimum absolute atomic E-state index is 0. The summed E-state index contributed by atoms with van der Waals surface area (Å²) in [6.07, 6.45) is 0.969. The van der Waals surface area contributed by atoms with E-state index in [-0.39, 0.29) is 22.4 Å². The molecule has 0 aromatic rings. The molecule has 72 valence electrons. The summed E-state index contributed by atoms with van der Waals surface area (Å²) in [6.45, 7) is 1.52. The van der Waals surface area contributed by atoms with Gasteiger partial charge in [-0.15, -0.1) is 0 Å². The first-order valence-corrected chi connectivity index (χ1v) is 2.65. The van der Waals surface area contributed by atoms with E-state index in [1.54, 1.807) is 7.11 Å². The van der Waals surface area contributed by atoms with Crippen molar-refractivity contribution in [1.29, 1.82) is 0 Å². The molecule has 0 bridgehead atoms. The largest absolute Gasteiger partial charge is 1.00 e. The van der Waals surface area contributed by atoms with Gasteiger partial charge in [0.25, 0.3) is 0 Å². The third-order valence-corrected chi connectivity index (χ3v) is 0.553. The Hall–Kier alpha value is -0.140. The Balaban J connectivity index is -0.000000114. The zero-order valence-electron chi connectivity index (χ0n) is 6.08. The first-order valence-electron chi connectivity index (χ1n) is 2.65. The van der Waals surface area contributed by atoms with Crippen molar-refractivity contribution in [3.63, 3.8) is 0 Å². The molecule has 0 atom stereocenters. The summed E-state index contributed by atoms with van der Waals surface area (Å²) >= 11 is 0. The van der Waals surface area contributed by atoms with Gasteiger partial charge in [0.05, 0.1) is 5.09 Å². The van der Waals surface area contributed by atoms with Gasteiger partial charge < -0.3 is 25.8 Å². The topological polar surface area (TPSA) is 101 Å². The molecule has 11 heavy (non-hydrogen) atoms. The Bertz CT molecular complexity index is 74.5. The van der Waals surface area contributed by atoms with Crippen LogP contribution in [0.3, 0.4) is 0 Å². The predicted molar refractivity (Wildman–Crippen MR) is 35.9 cm³/mol. The van der Waals surface area contributed by atoms with Crippen LogP contribution in [0.5, 0.6) is 0 Å². The fourth-order valence-electron chi connectivity index (χ4n) is 0.228. The molecule has 6 nitrogen and oxygen atoms in total. The van der Waals surface area contributed by atoms with Crippen molar-refractivity contribution in [1.82, 2.24) is 0 Å². The van der Waals surface area contributed by atoms with Gasteiger partial charge in [-0.3, -0.25) is 0 Å². The smallest absolute Gasteiger partial charge is 0.385 e. The molecule has 0 aromatic heterocycles. The minimum Gasteiger partial charge on any atom is -0.385 e. The molecule has 0 fully saturated rings. The molecule has 0 aromatic carbocycles. The summed E-state index contributed by atoms with van der Waals surface area (Å²) in [4.78, 5) is 8.25. The number of ether oxygens (including phenoxy) is 1. The number of hydrogen-bond donors (Lipinski definition) is 1. The molecule has 0 radical (unpaired) electrons. The van der Waals surface area contributed by atoms with Gasteiger partial charge in [0.1, 0.15) is 0 Å². The molecule has 0 spiro atoms. The molecule has 0 rings (SSSR count). The second-order valence-electron chi connectivity index (χ2n) is 1.36. The number of hydrogen-bond acceptors (Lipinski definition) is 5. The van der Waals surface area contributed by atoms with Crippen LogP contribution in [0.15, 0.2) is 0 Å². The number of rotatable bonds is 3. The van der Waals surface area contributed by atoms with Gasteiger partial charge in [-0.25, -0.2) is 0 Å². The molecule has 0 saturated carbocycles. The van der Waals surface area contributed by atoms with Crippen LogP contribution in [0, 0.1) is 15.3 Å². The van der Waals surface area contributed by atoms with E-state index in [1.165, 1.54) is 0 Å². The van der Waals surface area contributed by atoms with Crippen molar-refractivity contribution >= 4 is 0 Å². The summed E-state index contributed by atoms with van der Waals surface area (Å²) < 4.78 is 4.70. The maximum Gasteiger partial charge on any atom is 1.00 e. The van der Waals surface area contributed by atoms with Gasteiger partial charge in [-0.1, -0.05) is 0 Å². The third kappa shape index (κ3) is 74.5. The van der Waals surface area contributed by atoms with E-state index in [2.05, 4.69) is 0 Å². The molecule has 0 amide bonds. The molecule has 0 unspecified atom stereocenters. The monoisotopic (exact) mass is 258 g/mol. The fraction of sp³-hybridized carbons (Fsp3) is 1.00. The maximum absolute atomic E-state index is 8.25. The van der Waals surface area contributed by atoms with E-state index < -0.39 is 5.09 Å². The Morgan fingerprint density at radius 3 is 2.00 bits per heavy atom. The van der Waals surface area contributed by atoms with E-state index in [9.17, 15) is 0 Å². The SMILES string of the molecule is COCCCN.O=[N+]([O-])[O-].[Ag+]. The van der Waals surface area contributed by atoms with Gasteiger partial charge in [-0.2, -0.15) is 0 Å². The zero-order chi connectivity index (χ0) is 8.41. The summed E-state index contributed by atoms with van der Waals surface area (Å²) in [6, 6.07) is 0. The summed E-state index contributed by atoms with van der Waals surface area (Å²) in [5, 5.41) is 14.8. The van der Waals surface area contributed by atoms with E-state index in [4.69, 9.17) is 25.8 Å². The molecule has 0 aliphatic heterocycles. The van der Waals surface area contributed by atoms with Crippen molar-refractivity contribution < 1.29 is 32.2 Å². The normalized spacial score (nSPS) is 7.09. The Morgan fingerprint density at radius 1 is 1.55 bits per heavy atom. The van der Waals surface area contributed by atoms with E-state index >= 15 is 0 Å². The Morgan fingerprint density at radius 2 is 1.91 bits per heavy atom. The van der Waals surface area contributed by atoms with Crippen LogP contribution in [-0.2, 0) is 27.1 Å². The van der Waals surface area contributed by atoms with Crippen LogP contribution in [0.4, 0.5) is 0 Å². The first-order chi connectivity index (χ1) is 4.65. The van der Waals surface area contributed by atoms with Crippen LogP contribution in [0.2, 0.25) is 0 Å². The van der Waals surface area contributed by atoms with Crippen LogP contribution < -0.4 is 5.73 Å². The average Bonchev–Trinajstić information content (AvgIpc) is 1.82. The number of nitrogens with two attached hydrogens (primary N) is 1. The van der Waals surface area contributed by atoms with Crippen LogP contribution in [0.1, 0.15) is 6.42 Å². The number of nitrogens with zero attached hydrogens (tertiary/aromatic N) is 1.